The van der Waals surface area contributed by atoms with Crippen LogP contribution in [0, 0.1) is 0 Å². The van der Waals surface area contributed by atoms with Crippen molar-refractivity contribution < 1.29 is 9.53 Å². The molecule has 4 heteroatoms. The molecule has 0 aromatic heterocycles. The number of ether oxygens (including phenoxy) is 1. The lowest BCUT2D eigenvalue weighted by molar-refractivity contribution is 0.0242. The number of likely N-dealkylation sites (tertiary alicyclic amines) is 1. The quantitative estimate of drug-likeness (QED) is 0.755. The number of benzene rings is 1. The van der Waals surface area contributed by atoms with Gasteiger partial charge in [-0.1, -0.05) is 30.3 Å². The Kier molecular flexibility index (Phi) is 6.18. The van der Waals surface area contributed by atoms with Gasteiger partial charge < -0.3 is 9.64 Å². The highest BCUT2D eigenvalue weighted by atomic mass is 32.2. The molecule has 0 bridgehead atoms. The van der Waals surface area contributed by atoms with Crippen LogP contribution in [0.15, 0.2) is 30.3 Å². The highest BCUT2D eigenvalue weighted by molar-refractivity contribution is 7.99. The van der Waals surface area contributed by atoms with Gasteiger partial charge in [0.15, 0.2) is 0 Å². The molecule has 22 heavy (non-hydrogen) atoms. The van der Waals surface area contributed by atoms with Gasteiger partial charge >= 0.3 is 6.09 Å². The van der Waals surface area contributed by atoms with E-state index in [2.05, 4.69) is 24.3 Å². The fourth-order valence-electron chi connectivity index (χ4n) is 2.62. The highest BCUT2D eigenvalue weighted by Crippen LogP contribution is 2.24. The summed E-state index contributed by atoms with van der Waals surface area (Å²) in [5.41, 5.74) is 0.968. The molecule has 2 rings (SSSR count). The predicted molar refractivity (Wildman–Crippen MR) is 93.4 cm³/mol. The monoisotopic (exact) mass is 321 g/mol. The molecule has 1 aliphatic heterocycles. The Morgan fingerprint density at radius 2 is 2.05 bits per heavy atom. The van der Waals surface area contributed by atoms with Crippen molar-refractivity contribution in [3.63, 3.8) is 0 Å². The van der Waals surface area contributed by atoms with Crippen LogP contribution in [-0.2, 0) is 11.2 Å². The second-order valence-electron chi connectivity index (χ2n) is 6.78. The average Bonchev–Trinajstić information content (AvgIpc) is 2.91. The minimum absolute atomic E-state index is 0.154. The third kappa shape index (κ3) is 5.56. The maximum atomic E-state index is 12.2. The molecular weight excluding hydrogens is 294 g/mol. The predicted octanol–water partition coefficient (Wildman–Crippen LogP) is 4.36. The van der Waals surface area contributed by atoms with Gasteiger partial charge in [0.05, 0.1) is 0 Å². The number of carbonyl (C=O) groups is 1. The van der Waals surface area contributed by atoms with Crippen LogP contribution >= 0.6 is 11.8 Å². The number of rotatable bonds is 5. The zero-order valence-corrected chi connectivity index (χ0v) is 14.7. The van der Waals surface area contributed by atoms with Gasteiger partial charge in [0, 0.05) is 18.3 Å². The lowest BCUT2D eigenvalue weighted by Gasteiger charge is -2.28. The molecule has 1 aromatic rings. The minimum atomic E-state index is -0.412. The van der Waals surface area contributed by atoms with Crippen LogP contribution in [0.25, 0.3) is 0 Å². The SMILES string of the molecule is CC(C)(C)OC(=O)N1CCC[C@H]1CSCCc1ccccc1. The number of nitrogens with zero attached hydrogens (tertiary/aromatic N) is 1. The number of carbonyl (C=O) groups excluding carboxylic acids is 1. The Bertz CT molecular complexity index is 470. The molecular formula is C18H27NO2S. The van der Waals surface area contributed by atoms with Crippen LogP contribution < -0.4 is 0 Å². The van der Waals surface area contributed by atoms with Crippen molar-refractivity contribution in [1.82, 2.24) is 4.90 Å². The summed E-state index contributed by atoms with van der Waals surface area (Å²) in [4.78, 5) is 14.1. The van der Waals surface area contributed by atoms with Gasteiger partial charge in [-0.05, 0) is 51.3 Å². The summed E-state index contributed by atoms with van der Waals surface area (Å²) in [7, 11) is 0. The molecule has 1 aliphatic rings. The molecule has 0 unspecified atom stereocenters. The Balaban J connectivity index is 1.73. The highest BCUT2D eigenvalue weighted by Gasteiger charge is 2.31. The van der Waals surface area contributed by atoms with Gasteiger partial charge in [-0.2, -0.15) is 11.8 Å². The summed E-state index contributed by atoms with van der Waals surface area (Å²) < 4.78 is 5.51. The summed E-state index contributed by atoms with van der Waals surface area (Å²) in [6.07, 6.45) is 3.12. The van der Waals surface area contributed by atoms with Crippen LogP contribution in [0.3, 0.4) is 0 Å². The fraction of sp³-hybridized carbons (Fsp3) is 0.611. The molecule has 1 atom stereocenters. The number of thioether (sulfide) groups is 1. The van der Waals surface area contributed by atoms with E-state index in [4.69, 9.17) is 4.74 Å². The van der Waals surface area contributed by atoms with Crippen molar-refractivity contribution in [3.8, 4) is 0 Å². The lowest BCUT2D eigenvalue weighted by Crippen LogP contribution is -2.40. The first-order valence-corrected chi connectivity index (χ1v) is 9.22. The zero-order chi connectivity index (χ0) is 16.0. The normalized spacial score (nSPS) is 18.5. The van der Waals surface area contributed by atoms with Crippen molar-refractivity contribution in [3.05, 3.63) is 35.9 Å². The second-order valence-corrected chi connectivity index (χ2v) is 7.93. The minimum Gasteiger partial charge on any atom is -0.444 e. The van der Waals surface area contributed by atoms with Gasteiger partial charge in [-0.3, -0.25) is 0 Å². The Hall–Kier alpha value is -1.16. The van der Waals surface area contributed by atoms with Crippen molar-refractivity contribution in [1.29, 1.82) is 0 Å². The summed E-state index contributed by atoms with van der Waals surface area (Å²) >= 11 is 1.94. The molecule has 122 valence electrons. The first-order chi connectivity index (χ1) is 10.5. The standard InChI is InChI=1S/C18H27NO2S/c1-18(2,3)21-17(20)19-12-7-10-16(19)14-22-13-11-15-8-5-4-6-9-15/h4-6,8-9,16H,7,10-14H2,1-3H3/t16-/m0/s1. The second kappa shape index (κ2) is 7.91. The van der Waals surface area contributed by atoms with Gasteiger partial charge in [0.2, 0.25) is 0 Å². The van der Waals surface area contributed by atoms with Gasteiger partial charge in [0.1, 0.15) is 5.60 Å². The molecule has 3 nitrogen and oxygen atoms in total. The van der Waals surface area contributed by atoms with Crippen LogP contribution in [-0.4, -0.2) is 40.7 Å². The molecule has 1 amide bonds. The topological polar surface area (TPSA) is 29.5 Å². The summed E-state index contributed by atoms with van der Waals surface area (Å²) in [5, 5.41) is 0. The fourth-order valence-corrected chi connectivity index (χ4v) is 3.79. The molecule has 0 spiro atoms. The van der Waals surface area contributed by atoms with Crippen molar-refractivity contribution in [2.24, 2.45) is 0 Å². The maximum absolute atomic E-state index is 12.2. The molecule has 1 fully saturated rings. The van der Waals surface area contributed by atoms with Crippen LogP contribution in [0.4, 0.5) is 4.79 Å². The number of amides is 1. The summed E-state index contributed by atoms with van der Waals surface area (Å²) in [5.74, 6) is 2.11. The smallest absolute Gasteiger partial charge is 0.410 e. The maximum Gasteiger partial charge on any atom is 0.410 e. The molecule has 0 aliphatic carbocycles. The van der Waals surface area contributed by atoms with Gasteiger partial charge in [-0.25, -0.2) is 4.79 Å². The van der Waals surface area contributed by atoms with Crippen LogP contribution in [0.2, 0.25) is 0 Å². The molecule has 1 heterocycles. The van der Waals surface area contributed by atoms with Gasteiger partial charge in [-0.15, -0.1) is 0 Å². The van der Waals surface area contributed by atoms with E-state index in [0.29, 0.717) is 6.04 Å². The Morgan fingerprint density at radius 3 is 2.73 bits per heavy atom. The molecule has 0 saturated carbocycles. The number of hydrogen-bond acceptors (Lipinski definition) is 3. The van der Waals surface area contributed by atoms with E-state index in [-0.39, 0.29) is 6.09 Å². The van der Waals surface area contributed by atoms with E-state index in [1.807, 2.05) is 43.5 Å². The Labute approximate surface area is 138 Å². The van der Waals surface area contributed by atoms with Crippen molar-refractivity contribution in [2.45, 2.75) is 51.7 Å². The number of aryl methyl sites for hydroxylation is 1. The van der Waals surface area contributed by atoms with E-state index >= 15 is 0 Å². The summed E-state index contributed by atoms with van der Waals surface area (Å²) in [6.45, 7) is 6.60. The zero-order valence-electron chi connectivity index (χ0n) is 13.9. The van der Waals surface area contributed by atoms with Gasteiger partial charge in [0.25, 0.3) is 0 Å². The van der Waals surface area contributed by atoms with E-state index in [1.165, 1.54) is 5.56 Å². The lowest BCUT2D eigenvalue weighted by atomic mass is 10.2. The van der Waals surface area contributed by atoms with E-state index in [0.717, 1.165) is 37.3 Å². The average molecular weight is 321 g/mol. The summed E-state index contributed by atoms with van der Waals surface area (Å²) in [6, 6.07) is 10.9. The third-order valence-corrected chi connectivity index (χ3v) is 4.81. The number of hydrogen-bond donors (Lipinski definition) is 0. The van der Waals surface area contributed by atoms with Crippen molar-refractivity contribution in [2.75, 3.05) is 18.1 Å². The molecule has 1 aromatic carbocycles. The molecule has 1 saturated heterocycles. The Morgan fingerprint density at radius 1 is 1.32 bits per heavy atom. The van der Waals surface area contributed by atoms with Crippen LogP contribution in [0.5, 0.6) is 0 Å². The third-order valence-electron chi connectivity index (χ3n) is 3.69. The molecule has 0 N–H and O–H groups in total. The first kappa shape index (κ1) is 17.2. The van der Waals surface area contributed by atoms with E-state index in [1.54, 1.807) is 0 Å². The first-order valence-electron chi connectivity index (χ1n) is 8.07. The molecule has 0 radical (unpaired) electrons. The van der Waals surface area contributed by atoms with Crippen LogP contribution in [0.1, 0.15) is 39.2 Å². The largest absolute Gasteiger partial charge is 0.444 e. The van der Waals surface area contributed by atoms with E-state index in [9.17, 15) is 4.79 Å². The van der Waals surface area contributed by atoms with E-state index < -0.39 is 5.60 Å². The van der Waals surface area contributed by atoms with Crippen molar-refractivity contribution >= 4 is 17.9 Å².